The van der Waals surface area contributed by atoms with Crippen molar-refractivity contribution in [1.82, 2.24) is 0 Å². The summed E-state index contributed by atoms with van der Waals surface area (Å²) in [6, 6.07) is 8.50. The molecule has 0 heterocycles. The molecule has 2 heteroatoms. The summed E-state index contributed by atoms with van der Waals surface area (Å²) in [5, 5.41) is 9.81. The van der Waals surface area contributed by atoms with E-state index in [-0.39, 0.29) is 11.5 Å². The van der Waals surface area contributed by atoms with Gasteiger partial charge in [0.15, 0.2) is 0 Å². The van der Waals surface area contributed by atoms with E-state index in [1.54, 1.807) is 0 Å². The zero-order chi connectivity index (χ0) is 11.1. The van der Waals surface area contributed by atoms with Crippen LogP contribution in [0.25, 0.3) is 0 Å². The number of rotatable bonds is 3. The zero-order valence-electron chi connectivity index (χ0n) is 9.70. The Bertz CT molecular complexity index is 353. The molecular formula is C13H19NO. The van der Waals surface area contributed by atoms with Crippen LogP contribution in [-0.4, -0.2) is 25.3 Å². The zero-order valence-corrected chi connectivity index (χ0v) is 9.70. The van der Waals surface area contributed by atoms with Crippen molar-refractivity contribution in [2.75, 3.05) is 19.0 Å². The van der Waals surface area contributed by atoms with Crippen LogP contribution in [0.5, 0.6) is 0 Å². The van der Waals surface area contributed by atoms with Gasteiger partial charge in [-0.3, -0.25) is 0 Å². The number of hydrogen-bond acceptors (Lipinski definition) is 2. The van der Waals surface area contributed by atoms with Crippen molar-refractivity contribution >= 4 is 5.69 Å². The van der Waals surface area contributed by atoms with Crippen molar-refractivity contribution in [3.05, 3.63) is 29.8 Å². The third kappa shape index (κ3) is 1.74. The Morgan fingerprint density at radius 2 is 2.00 bits per heavy atom. The van der Waals surface area contributed by atoms with Gasteiger partial charge in [0.2, 0.25) is 0 Å². The van der Waals surface area contributed by atoms with Crippen LogP contribution in [0.15, 0.2) is 24.3 Å². The quantitative estimate of drug-likeness (QED) is 0.817. The average Bonchev–Trinajstić information content (AvgIpc) is 2.98. The number of benzene rings is 1. The molecule has 1 aliphatic rings. The first-order valence-electron chi connectivity index (χ1n) is 5.52. The molecule has 0 spiro atoms. The van der Waals surface area contributed by atoms with E-state index in [1.165, 1.54) is 11.3 Å². The minimum atomic E-state index is -0.241. The molecule has 15 heavy (non-hydrogen) atoms. The highest BCUT2D eigenvalue weighted by molar-refractivity contribution is 5.50. The third-order valence-electron chi connectivity index (χ3n) is 3.53. The first kappa shape index (κ1) is 10.5. The summed E-state index contributed by atoms with van der Waals surface area (Å²) in [6.45, 7) is 1.90. The highest BCUT2D eigenvalue weighted by atomic mass is 16.3. The maximum atomic E-state index is 9.81. The van der Waals surface area contributed by atoms with Crippen LogP contribution in [0.2, 0.25) is 0 Å². The highest BCUT2D eigenvalue weighted by Gasteiger charge is 2.48. The number of hydrogen-bond donors (Lipinski definition) is 1. The molecule has 0 aliphatic heterocycles. The van der Waals surface area contributed by atoms with E-state index in [2.05, 4.69) is 29.2 Å². The molecule has 1 N–H and O–H groups in total. The molecule has 0 aromatic heterocycles. The van der Waals surface area contributed by atoms with Crippen LogP contribution in [0, 0.1) is 0 Å². The maximum absolute atomic E-state index is 9.81. The van der Waals surface area contributed by atoms with Crippen LogP contribution in [0.4, 0.5) is 5.69 Å². The smallest absolute Gasteiger partial charge is 0.0608 e. The number of nitrogens with zero attached hydrogens (tertiary/aromatic N) is 1. The second-order valence-electron chi connectivity index (χ2n) is 4.78. The lowest BCUT2D eigenvalue weighted by Crippen LogP contribution is -2.22. The summed E-state index contributed by atoms with van der Waals surface area (Å²) < 4.78 is 0. The molecule has 1 atom stereocenters. The van der Waals surface area contributed by atoms with E-state index < -0.39 is 0 Å². The Hall–Kier alpha value is -1.02. The SMILES string of the molecule is CC(O)C1(c2cccc(N(C)C)c2)CC1. The largest absolute Gasteiger partial charge is 0.392 e. The number of anilines is 1. The molecule has 1 aliphatic carbocycles. The highest BCUT2D eigenvalue weighted by Crippen LogP contribution is 2.51. The van der Waals surface area contributed by atoms with E-state index in [4.69, 9.17) is 0 Å². The Labute approximate surface area is 91.5 Å². The van der Waals surface area contributed by atoms with E-state index in [1.807, 2.05) is 21.0 Å². The van der Waals surface area contributed by atoms with Gasteiger partial charge >= 0.3 is 0 Å². The predicted molar refractivity (Wildman–Crippen MR) is 63.4 cm³/mol. The van der Waals surface area contributed by atoms with Gasteiger partial charge in [-0.1, -0.05) is 12.1 Å². The van der Waals surface area contributed by atoms with Crippen LogP contribution < -0.4 is 4.90 Å². The normalized spacial score (nSPS) is 19.7. The minimum Gasteiger partial charge on any atom is -0.392 e. The lowest BCUT2D eigenvalue weighted by Gasteiger charge is -2.21. The second kappa shape index (κ2) is 3.53. The fraction of sp³-hybridized carbons (Fsp3) is 0.538. The van der Waals surface area contributed by atoms with Crippen LogP contribution in [0.3, 0.4) is 0 Å². The van der Waals surface area contributed by atoms with Crippen molar-refractivity contribution in [1.29, 1.82) is 0 Å². The molecule has 1 saturated carbocycles. The minimum absolute atomic E-state index is 0.0476. The molecule has 1 aromatic rings. The molecule has 2 nitrogen and oxygen atoms in total. The monoisotopic (exact) mass is 205 g/mol. The molecule has 1 fully saturated rings. The molecule has 82 valence electrons. The summed E-state index contributed by atoms with van der Waals surface area (Å²) in [5.41, 5.74) is 2.54. The Morgan fingerprint density at radius 3 is 2.47 bits per heavy atom. The summed E-state index contributed by atoms with van der Waals surface area (Å²) in [6.07, 6.45) is 1.98. The molecule has 0 radical (unpaired) electrons. The third-order valence-corrected chi connectivity index (χ3v) is 3.53. The molecule has 0 saturated heterocycles. The number of aliphatic hydroxyl groups excluding tert-OH is 1. The molecule has 2 rings (SSSR count). The Morgan fingerprint density at radius 1 is 1.33 bits per heavy atom. The summed E-state index contributed by atoms with van der Waals surface area (Å²) >= 11 is 0. The Balaban J connectivity index is 2.33. The van der Waals surface area contributed by atoms with Crippen molar-refractivity contribution in [2.45, 2.75) is 31.3 Å². The predicted octanol–water partition coefficient (Wildman–Crippen LogP) is 2.17. The lowest BCUT2D eigenvalue weighted by molar-refractivity contribution is 0.151. The second-order valence-corrected chi connectivity index (χ2v) is 4.78. The molecule has 0 amide bonds. The first-order chi connectivity index (χ1) is 7.06. The van der Waals surface area contributed by atoms with Gasteiger partial charge < -0.3 is 10.0 Å². The van der Waals surface area contributed by atoms with E-state index >= 15 is 0 Å². The summed E-state index contributed by atoms with van der Waals surface area (Å²) in [4.78, 5) is 2.10. The van der Waals surface area contributed by atoms with Crippen LogP contribution in [-0.2, 0) is 5.41 Å². The standard InChI is InChI=1S/C13H19NO/c1-10(15)13(7-8-13)11-5-4-6-12(9-11)14(2)3/h4-6,9-10,15H,7-8H2,1-3H3. The van der Waals surface area contributed by atoms with Crippen LogP contribution >= 0.6 is 0 Å². The van der Waals surface area contributed by atoms with E-state index in [0.29, 0.717) is 0 Å². The van der Waals surface area contributed by atoms with Gasteiger partial charge in [-0.05, 0) is 37.5 Å². The van der Waals surface area contributed by atoms with Crippen molar-refractivity contribution in [3.63, 3.8) is 0 Å². The summed E-state index contributed by atoms with van der Waals surface area (Å²) in [5.74, 6) is 0. The molecular weight excluding hydrogens is 186 g/mol. The van der Waals surface area contributed by atoms with Crippen molar-refractivity contribution in [2.24, 2.45) is 0 Å². The molecule has 0 bridgehead atoms. The van der Waals surface area contributed by atoms with E-state index in [0.717, 1.165) is 12.8 Å². The van der Waals surface area contributed by atoms with Gasteiger partial charge in [0.05, 0.1) is 6.10 Å². The van der Waals surface area contributed by atoms with Crippen LogP contribution in [0.1, 0.15) is 25.3 Å². The van der Waals surface area contributed by atoms with E-state index in [9.17, 15) is 5.11 Å². The van der Waals surface area contributed by atoms with Crippen molar-refractivity contribution < 1.29 is 5.11 Å². The lowest BCUT2D eigenvalue weighted by atomic mass is 9.90. The van der Waals surface area contributed by atoms with Gasteiger partial charge in [0.1, 0.15) is 0 Å². The summed E-state index contributed by atoms with van der Waals surface area (Å²) in [7, 11) is 4.09. The van der Waals surface area contributed by atoms with Gasteiger partial charge in [-0.2, -0.15) is 0 Å². The maximum Gasteiger partial charge on any atom is 0.0608 e. The fourth-order valence-corrected chi connectivity index (χ4v) is 2.18. The van der Waals surface area contributed by atoms with Gasteiger partial charge in [-0.25, -0.2) is 0 Å². The van der Waals surface area contributed by atoms with Gasteiger partial charge in [-0.15, -0.1) is 0 Å². The van der Waals surface area contributed by atoms with Gasteiger partial charge in [0, 0.05) is 25.2 Å². The fourth-order valence-electron chi connectivity index (χ4n) is 2.18. The molecule has 1 unspecified atom stereocenters. The average molecular weight is 205 g/mol. The molecule has 1 aromatic carbocycles. The first-order valence-corrected chi connectivity index (χ1v) is 5.52. The number of aliphatic hydroxyl groups is 1. The van der Waals surface area contributed by atoms with Crippen molar-refractivity contribution in [3.8, 4) is 0 Å². The Kier molecular flexibility index (Phi) is 2.47. The topological polar surface area (TPSA) is 23.5 Å². The van der Waals surface area contributed by atoms with Gasteiger partial charge in [0.25, 0.3) is 0 Å².